The first-order valence-corrected chi connectivity index (χ1v) is 6.90. The molecule has 0 aliphatic heterocycles. The summed E-state index contributed by atoms with van der Waals surface area (Å²) >= 11 is 0. The maximum Gasteiger partial charge on any atom is 0.267 e. The lowest BCUT2D eigenvalue weighted by Crippen LogP contribution is -2.27. The Balaban J connectivity index is 1.82. The zero-order chi connectivity index (χ0) is 14.4. The molecule has 0 spiro atoms. The quantitative estimate of drug-likeness (QED) is 0.752. The Hall–Kier alpha value is -2.24. The van der Waals surface area contributed by atoms with E-state index in [0.29, 0.717) is 17.9 Å². The fraction of sp³-hybridized carbons (Fsp3) is 0.429. The number of nitrogens with one attached hydrogen (secondary N) is 1. The van der Waals surface area contributed by atoms with Gasteiger partial charge < -0.3 is 20.2 Å². The van der Waals surface area contributed by atoms with Gasteiger partial charge in [0.05, 0.1) is 12.0 Å². The number of rotatable bonds is 7. The number of anilines is 1. The summed E-state index contributed by atoms with van der Waals surface area (Å²) in [5.41, 5.74) is 7.01. The lowest BCUT2D eigenvalue weighted by atomic mass is 10.3. The second-order valence-corrected chi connectivity index (χ2v) is 4.76. The van der Waals surface area contributed by atoms with Gasteiger partial charge in [0.1, 0.15) is 5.69 Å². The molecule has 0 aliphatic rings. The molecular weight excluding hydrogens is 254 g/mol. The summed E-state index contributed by atoms with van der Waals surface area (Å²) in [4.78, 5) is 16.1. The number of hydrogen-bond acceptors (Lipinski definition) is 3. The number of amides is 1. The van der Waals surface area contributed by atoms with Crippen molar-refractivity contribution in [3.05, 3.63) is 36.7 Å². The van der Waals surface area contributed by atoms with E-state index in [4.69, 9.17) is 5.73 Å². The second-order valence-electron chi connectivity index (χ2n) is 4.76. The molecule has 0 aromatic carbocycles. The molecule has 6 nitrogen and oxygen atoms in total. The summed E-state index contributed by atoms with van der Waals surface area (Å²) in [5.74, 6) is -0.0687. The van der Waals surface area contributed by atoms with E-state index in [1.165, 1.54) is 0 Å². The first-order valence-electron chi connectivity index (χ1n) is 6.90. The summed E-state index contributed by atoms with van der Waals surface area (Å²) in [7, 11) is 0. The van der Waals surface area contributed by atoms with E-state index >= 15 is 0 Å². The number of nitrogens with zero attached hydrogens (tertiary/aromatic N) is 3. The van der Waals surface area contributed by atoms with Crippen LogP contribution < -0.4 is 11.1 Å². The molecule has 0 fully saturated rings. The van der Waals surface area contributed by atoms with Crippen LogP contribution in [0.15, 0.2) is 31.0 Å². The third-order valence-electron chi connectivity index (χ3n) is 3.05. The largest absolute Gasteiger partial charge is 0.397 e. The minimum absolute atomic E-state index is 0.0687. The first kappa shape index (κ1) is 14.2. The van der Waals surface area contributed by atoms with E-state index in [2.05, 4.69) is 17.2 Å². The molecule has 3 N–H and O–H groups in total. The van der Waals surface area contributed by atoms with Crippen LogP contribution >= 0.6 is 0 Å². The summed E-state index contributed by atoms with van der Waals surface area (Å²) < 4.78 is 3.89. The summed E-state index contributed by atoms with van der Waals surface area (Å²) in [6, 6.07) is 1.72. The maximum absolute atomic E-state index is 12.1. The van der Waals surface area contributed by atoms with Crippen LogP contribution in [0.3, 0.4) is 0 Å². The van der Waals surface area contributed by atoms with Crippen molar-refractivity contribution in [3.63, 3.8) is 0 Å². The zero-order valence-electron chi connectivity index (χ0n) is 11.7. The van der Waals surface area contributed by atoms with E-state index < -0.39 is 0 Å². The van der Waals surface area contributed by atoms with Gasteiger partial charge in [-0.15, -0.1) is 0 Å². The van der Waals surface area contributed by atoms with E-state index in [1.807, 2.05) is 21.5 Å². The summed E-state index contributed by atoms with van der Waals surface area (Å²) in [6.07, 6.45) is 9.08. The fourth-order valence-corrected chi connectivity index (χ4v) is 2.12. The van der Waals surface area contributed by atoms with Gasteiger partial charge in [0, 0.05) is 38.2 Å². The Morgan fingerprint density at radius 1 is 1.45 bits per heavy atom. The van der Waals surface area contributed by atoms with Crippen LogP contribution in [0.2, 0.25) is 0 Å². The highest BCUT2D eigenvalue weighted by Crippen LogP contribution is 2.11. The molecule has 2 rings (SSSR count). The number of imidazole rings is 1. The Kier molecular flexibility index (Phi) is 4.81. The normalized spacial score (nSPS) is 10.7. The minimum Gasteiger partial charge on any atom is -0.397 e. The standard InChI is InChI=1S/C14H21N5O/c1-2-6-19-10-12(15)9-13(19)14(20)17-4-3-7-18-8-5-16-11-18/h5,8-11H,2-4,6-7,15H2,1H3,(H,17,20). The summed E-state index contributed by atoms with van der Waals surface area (Å²) in [5, 5.41) is 2.92. The Labute approximate surface area is 118 Å². The van der Waals surface area contributed by atoms with Crippen molar-refractivity contribution in [1.29, 1.82) is 0 Å². The zero-order valence-corrected chi connectivity index (χ0v) is 11.7. The molecule has 0 unspecified atom stereocenters. The molecule has 20 heavy (non-hydrogen) atoms. The monoisotopic (exact) mass is 275 g/mol. The minimum atomic E-state index is -0.0687. The molecule has 1 amide bonds. The molecule has 0 atom stereocenters. The van der Waals surface area contributed by atoms with Crippen molar-refractivity contribution in [2.75, 3.05) is 12.3 Å². The molecule has 0 aliphatic carbocycles. The molecule has 6 heteroatoms. The van der Waals surface area contributed by atoms with Crippen molar-refractivity contribution >= 4 is 11.6 Å². The van der Waals surface area contributed by atoms with E-state index in [0.717, 1.165) is 25.9 Å². The van der Waals surface area contributed by atoms with Crippen molar-refractivity contribution in [1.82, 2.24) is 19.4 Å². The first-order chi connectivity index (χ1) is 9.70. The SMILES string of the molecule is CCCn1cc(N)cc1C(=O)NCCCn1ccnc1. The van der Waals surface area contributed by atoms with E-state index in [1.54, 1.807) is 18.6 Å². The lowest BCUT2D eigenvalue weighted by Gasteiger charge is -2.08. The number of hydrogen-bond donors (Lipinski definition) is 2. The Bertz CT molecular complexity index is 544. The third-order valence-corrected chi connectivity index (χ3v) is 3.05. The predicted molar refractivity (Wildman–Crippen MR) is 78.3 cm³/mol. The maximum atomic E-state index is 12.1. The number of aromatic nitrogens is 3. The highest BCUT2D eigenvalue weighted by molar-refractivity contribution is 5.93. The average molecular weight is 275 g/mol. The van der Waals surface area contributed by atoms with Gasteiger partial charge in [-0.25, -0.2) is 4.98 Å². The molecule has 108 valence electrons. The van der Waals surface area contributed by atoms with Gasteiger partial charge in [0.25, 0.3) is 5.91 Å². The highest BCUT2D eigenvalue weighted by atomic mass is 16.1. The number of nitrogen functional groups attached to an aromatic ring is 1. The Morgan fingerprint density at radius 2 is 2.30 bits per heavy atom. The van der Waals surface area contributed by atoms with E-state index in [-0.39, 0.29) is 5.91 Å². The van der Waals surface area contributed by atoms with Gasteiger partial charge in [0.2, 0.25) is 0 Å². The molecular formula is C14H21N5O. The fourth-order valence-electron chi connectivity index (χ4n) is 2.12. The van der Waals surface area contributed by atoms with Crippen molar-refractivity contribution in [3.8, 4) is 0 Å². The smallest absolute Gasteiger partial charge is 0.267 e. The molecule has 0 bridgehead atoms. The van der Waals surface area contributed by atoms with Gasteiger partial charge in [-0.05, 0) is 18.9 Å². The topological polar surface area (TPSA) is 77.9 Å². The molecule has 2 aromatic heterocycles. The van der Waals surface area contributed by atoms with Crippen LogP contribution in [0.4, 0.5) is 5.69 Å². The molecule has 0 radical (unpaired) electrons. The van der Waals surface area contributed by atoms with Crippen LogP contribution in [0, 0.1) is 0 Å². The van der Waals surface area contributed by atoms with Crippen LogP contribution in [-0.4, -0.2) is 26.6 Å². The van der Waals surface area contributed by atoms with Gasteiger partial charge in [-0.3, -0.25) is 4.79 Å². The average Bonchev–Trinajstić information content (AvgIpc) is 3.05. The number of aryl methyl sites for hydroxylation is 2. The number of carbonyl (C=O) groups is 1. The van der Waals surface area contributed by atoms with Crippen molar-refractivity contribution in [2.45, 2.75) is 32.9 Å². The molecule has 2 heterocycles. The van der Waals surface area contributed by atoms with E-state index in [9.17, 15) is 4.79 Å². The van der Waals surface area contributed by atoms with Gasteiger partial charge in [0.15, 0.2) is 0 Å². The lowest BCUT2D eigenvalue weighted by molar-refractivity contribution is 0.0943. The van der Waals surface area contributed by atoms with Crippen molar-refractivity contribution < 1.29 is 4.79 Å². The van der Waals surface area contributed by atoms with Crippen molar-refractivity contribution in [2.24, 2.45) is 0 Å². The van der Waals surface area contributed by atoms with Crippen LogP contribution in [0.25, 0.3) is 0 Å². The van der Waals surface area contributed by atoms with Gasteiger partial charge in [-0.1, -0.05) is 6.92 Å². The van der Waals surface area contributed by atoms with Crippen LogP contribution in [-0.2, 0) is 13.1 Å². The van der Waals surface area contributed by atoms with Gasteiger partial charge in [-0.2, -0.15) is 0 Å². The summed E-state index contributed by atoms with van der Waals surface area (Å²) in [6.45, 7) is 4.35. The third kappa shape index (κ3) is 3.63. The number of nitrogens with two attached hydrogens (primary N) is 1. The Morgan fingerprint density at radius 3 is 3.00 bits per heavy atom. The number of carbonyl (C=O) groups excluding carboxylic acids is 1. The molecule has 0 saturated heterocycles. The predicted octanol–water partition coefficient (Wildman–Crippen LogP) is 1.50. The highest BCUT2D eigenvalue weighted by Gasteiger charge is 2.11. The van der Waals surface area contributed by atoms with Crippen LogP contribution in [0.5, 0.6) is 0 Å². The second kappa shape index (κ2) is 6.79. The van der Waals surface area contributed by atoms with Crippen LogP contribution in [0.1, 0.15) is 30.3 Å². The molecule has 0 saturated carbocycles. The van der Waals surface area contributed by atoms with Gasteiger partial charge >= 0.3 is 0 Å². The molecule has 2 aromatic rings.